The summed E-state index contributed by atoms with van der Waals surface area (Å²) in [6.45, 7) is 2.69. The Morgan fingerprint density at radius 1 is 1.47 bits per heavy atom. The fourth-order valence-corrected chi connectivity index (χ4v) is 3.78. The van der Waals surface area contributed by atoms with Crippen LogP contribution >= 0.6 is 11.3 Å². The second-order valence-corrected chi connectivity index (χ2v) is 6.69. The van der Waals surface area contributed by atoms with Gasteiger partial charge in [-0.1, -0.05) is 6.92 Å². The van der Waals surface area contributed by atoms with Gasteiger partial charge in [0.2, 0.25) is 5.03 Å². The van der Waals surface area contributed by atoms with Crippen LogP contribution in [-0.4, -0.2) is 43.5 Å². The highest BCUT2D eigenvalue weighted by Crippen LogP contribution is 2.25. The van der Waals surface area contributed by atoms with Gasteiger partial charge in [-0.15, -0.1) is 16.2 Å². The van der Waals surface area contributed by atoms with Crippen molar-refractivity contribution in [3.8, 4) is 0 Å². The molecule has 0 saturated heterocycles. The van der Waals surface area contributed by atoms with Crippen LogP contribution in [0, 0.1) is 0 Å². The number of hydrogen-bond acceptors (Lipinski definition) is 6. The van der Waals surface area contributed by atoms with Gasteiger partial charge in [0.05, 0.1) is 0 Å². The smallest absolute Gasteiger partial charge is 0.273 e. The highest BCUT2D eigenvalue weighted by Gasteiger charge is 2.26. The zero-order valence-corrected chi connectivity index (χ0v) is 12.7. The second kappa shape index (κ2) is 5.45. The van der Waals surface area contributed by atoms with Crippen molar-refractivity contribution in [3.05, 3.63) is 11.6 Å². The van der Waals surface area contributed by atoms with E-state index in [4.69, 9.17) is 0 Å². The summed E-state index contributed by atoms with van der Waals surface area (Å²) in [5, 5.41) is 6.40. The molecule has 106 valence electrons. The number of hydrazine groups is 1. The van der Waals surface area contributed by atoms with E-state index >= 15 is 0 Å². The number of fused-ring (bicyclic) bond motifs is 1. The van der Waals surface area contributed by atoms with Crippen LogP contribution in [0.1, 0.15) is 13.3 Å². The van der Waals surface area contributed by atoms with E-state index in [-0.39, 0.29) is 5.03 Å². The van der Waals surface area contributed by atoms with Gasteiger partial charge in [0, 0.05) is 32.2 Å². The van der Waals surface area contributed by atoms with Crippen molar-refractivity contribution in [1.82, 2.24) is 19.2 Å². The number of anilines is 1. The Balaban J connectivity index is 2.51. The van der Waals surface area contributed by atoms with Crippen molar-refractivity contribution >= 4 is 32.1 Å². The first-order valence-electron chi connectivity index (χ1n) is 5.85. The minimum absolute atomic E-state index is 0.144. The Morgan fingerprint density at radius 3 is 2.84 bits per heavy atom. The Kier molecular flexibility index (Phi) is 4.09. The molecule has 19 heavy (non-hydrogen) atoms. The zero-order chi connectivity index (χ0) is 14.0. The van der Waals surface area contributed by atoms with Crippen molar-refractivity contribution in [3.63, 3.8) is 0 Å². The number of aromatic nitrogens is 2. The molecule has 0 bridgehead atoms. The maximum absolute atomic E-state index is 12.4. The lowest BCUT2D eigenvalue weighted by atomic mass is 10.5. The Bertz CT molecular complexity index is 659. The van der Waals surface area contributed by atoms with E-state index in [0.717, 1.165) is 6.42 Å². The maximum atomic E-state index is 12.4. The topological polar surface area (TPSA) is 78.7 Å². The maximum Gasteiger partial charge on any atom is 0.273 e. The standard InChI is InChI=1S/C10H17N5O2S2/c1-4-5-11-8-9(19(16,17)13-14(2)3)15-6-7-18-10(15)12-8/h6-7,11,13H,4-5H2,1-3H3. The predicted molar refractivity (Wildman–Crippen MR) is 75.9 cm³/mol. The van der Waals surface area contributed by atoms with Gasteiger partial charge in [0.1, 0.15) is 0 Å². The first kappa shape index (κ1) is 14.3. The van der Waals surface area contributed by atoms with Crippen LogP contribution in [0.2, 0.25) is 0 Å². The van der Waals surface area contributed by atoms with Crippen molar-refractivity contribution < 1.29 is 8.42 Å². The molecule has 0 radical (unpaired) electrons. The van der Waals surface area contributed by atoms with E-state index in [1.54, 1.807) is 30.1 Å². The number of nitrogens with zero attached hydrogens (tertiary/aromatic N) is 3. The van der Waals surface area contributed by atoms with E-state index in [1.165, 1.54) is 16.3 Å². The molecule has 2 aromatic heterocycles. The van der Waals surface area contributed by atoms with Crippen LogP contribution in [0.5, 0.6) is 0 Å². The molecule has 0 aliphatic rings. The Labute approximate surface area is 116 Å². The van der Waals surface area contributed by atoms with E-state index in [0.29, 0.717) is 17.3 Å². The lowest BCUT2D eigenvalue weighted by Crippen LogP contribution is -2.37. The monoisotopic (exact) mass is 303 g/mol. The molecule has 2 aromatic rings. The van der Waals surface area contributed by atoms with Gasteiger partial charge in [0.25, 0.3) is 10.0 Å². The summed E-state index contributed by atoms with van der Waals surface area (Å²) in [5.74, 6) is 0.392. The van der Waals surface area contributed by atoms with Crippen LogP contribution in [0.25, 0.3) is 4.96 Å². The first-order valence-corrected chi connectivity index (χ1v) is 8.21. The SMILES string of the molecule is CCCNc1nc2sccn2c1S(=O)(=O)NN(C)C. The molecule has 0 spiro atoms. The minimum Gasteiger partial charge on any atom is -0.368 e. The minimum atomic E-state index is -3.65. The fourth-order valence-electron chi connectivity index (χ4n) is 1.66. The highest BCUT2D eigenvalue weighted by molar-refractivity contribution is 7.89. The van der Waals surface area contributed by atoms with E-state index < -0.39 is 10.0 Å². The van der Waals surface area contributed by atoms with Crippen LogP contribution < -0.4 is 10.1 Å². The second-order valence-electron chi connectivity index (χ2n) is 4.24. The normalized spacial score (nSPS) is 12.4. The molecule has 0 aliphatic heterocycles. The summed E-state index contributed by atoms with van der Waals surface area (Å²) in [4.78, 5) is 7.40. The summed E-state index contributed by atoms with van der Waals surface area (Å²) < 4.78 is 26.3. The number of thiazole rings is 1. The van der Waals surface area contributed by atoms with Gasteiger partial charge < -0.3 is 5.32 Å². The molecule has 2 N–H and O–H groups in total. The lowest BCUT2D eigenvalue weighted by Gasteiger charge is -2.13. The number of hydrogen-bond donors (Lipinski definition) is 2. The van der Waals surface area contributed by atoms with Gasteiger partial charge in [-0.3, -0.25) is 4.40 Å². The number of rotatable bonds is 6. The zero-order valence-electron chi connectivity index (χ0n) is 11.0. The third-order valence-corrected chi connectivity index (χ3v) is 4.58. The van der Waals surface area contributed by atoms with Crippen LogP contribution in [0.3, 0.4) is 0 Å². The average molecular weight is 303 g/mol. The molecular formula is C10H17N5O2S2. The van der Waals surface area contributed by atoms with Crippen LogP contribution in [0.15, 0.2) is 16.6 Å². The van der Waals surface area contributed by atoms with Crippen molar-refractivity contribution in [1.29, 1.82) is 0 Å². The molecule has 0 amide bonds. The van der Waals surface area contributed by atoms with E-state index in [1.807, 2.05) is 6.92 Å². The number of imidazole rings is 1. The largest absolute Gasteiger partial charge is 0.368 e. The van der Waals surface area contributed by atoms with E-state index in [9.17, 15) is 8.42 Å². The summed E-state index contributed by atoms with van der Waals surface area (Å²) >= 11 is 1.40. The van der Waals surface area contributed by atoms with Gasteiger partial charge in [-0.2, -0.15) is 0 Å². The average Bonchev–Trinajstić information content (AvgIpc) is 2.82. The number of sulfonamides is 1. The van der Waals surface area contributed by atoms with E-state index in [2.05, 4.69) is 15.1 Å². The molecule has 0 aromatic carbocycles. The van der Waals surface area contributed by atoms with Gasteiger partial charge >= 0.3 is 0 Å². The van der Waals surface area contributed by atoms with Crippen LogP contribution in [-0.2, 0) is 10.0 Å². The molecule has 2 rings (SSSR count). The van der Waals surface area contributed by atoms with Gasteiger partial charge in [-0.05, 0) is 6.42 Å². The first-order chi connectivity index (χ1) is 8.95. The predicted octanol–water partition coefficient (Wildman–Crippen LogP) is 0.973. The van der Waals surface area contributed by atoms with Gasteiger partial charge in [-0.25, -0.2) is 18.4 Å². The molecule has 7 nitrogen and oxygen atoms in total. The summed E-state index contributed by atoms with van der Waals surface area (Å²) in [6.07, 6.45) is 2.60. The molecule has 0 fully saturated rings. The molecule has 9 heteroatoms. The summed E-state index contributed by atoms with van der Waals surface area (Å²) in [5.41, 5.74) is 0. The van der Waals surface area contributed by atoms with Crippen molar-refractivity contribution in [2.24, 2.45) is 0 Å². The molecule has 2 heterocycles. The highest BCUT2D eigenvalue weighted by atomic mass is 32.2. The molecule has 0 saturated carbocycles. The Morgan fingerprint density at radius 2 is 2.21 bits per heavy atom. The fraction of sp³-hybridized carbons (Fsp3) is 0.500. The van der Waals surface area contributed by atoms with Gasteiger partial charge in [0.15, 0.2) is 10.8 Å². The molecule has 0 unspecified atom stereocenters. The lowest BCUT2D eigenvalue weighted by molar-refractivity contribution is 0.363. The summed E-state index contributed by atoms with van der Waals surface area (Å²) in [7, 11) is -0.398. The number of nitrogens with one attached hydrogen (secondary N) is 2. The molecular weight excluding hydrogens is 286 g/mol. The van der Waals surface area contributed by atoms with Crippen LogP contribution in [0.4, 0.5) is 5.82 Å². The van der Waals surface area contributed by atoms with Crippen molar-refractivity contribution in [2.75, 3.05) is 26.0 Å². The van der Waals surface area contributed by atoms with Crippen molar-refractivity contribution in [2.45, 2.75) is 18.4 Å². The summed E-state index contributed by atoms with van der Waals surface area (Å²) in [6, 6.07) is 0. The molecule has 0 aliphatic carbocycles. The third-order valence-electron chi connectivity index (χ3n) is 2.32. The third kappa shape index (κ3) is 2.89. The Hall–Kier alpha value is -1.16. The quantitative estimate of drug-likeness (QED) is 0.778. The molecule has 0 atom stereocenters.